The first kappa shape index (κ1) is 26.3. The number of rotatable bonds is 19. The van der Waals surface area contributed by atoms with Gasteiger partial charge in [0.05, 0.1) is 12.7 Å². The summed E-state index contributed by atoms with van der Waals surface area (Å²) in [4.78, 5) is 28.1. The fraction of sp³-hybridized carbons (Fsp3) is 0.850. The lowest BCUT2D eigenvalue weighted by atomic mass is 10.0. The van der Waals surface area contributed by atoms with Crippen molar-refractivity contribution < 1.29 is 28.4 Å². The molecule has 1 unspecified atom stereocenters. The highest BCUT2D eigenvalue weighted by molar-refractivity contribution is 7.46. The van der Waals surface area contributed by atoms with E-state index in [2.05, 4.69) is 11.1 Å². The van der Waals surface area contributed by atoms with Crippen LogP contribution in [0.2, 0.25) is 0 Å². The Morgan fingerprint density at radius 2 is 1.30 bits per heavy atom. The van der Waals surface area contributed by atoms with E-state index in [9.17, 15) is 9.36 Å². The van der Waals surface area contributed by atoms with Crippen LogP contribution < -0.4 is 0 Å². The molecule has 0 saturated carbocycles. The summed E-state index contributed by atoms with van der Waals surface area (Å²) in [6.07, 6.45) is 17.3. The Labute approximate surface area is 165 Å². The second kappa shape index (κ2) is 17.4. The first-order valence-corrected chi connectivity index (χ1v) is 11.9. The van der Waals surface area contributed by atoms with Crippen LogP contribution in [0.1, 0.15) is 96.8 Å². The van der Waals surface area contributed by atoms with Gasteiger partial charge >= 0.3 is 13.8 Å². The molecular formula is C20H39O6P. The van der Waals surface area contributed by atoms with Gasteiger partial charge in [-0.15, -0.1) is 0 Å². The zero-order valence-corrected chi connectivity index (χ0v) is 17.8. The summed E-state index contributed by atoms with van der Waals surface area (Å²) < 4.78 is 20.0. The molecule has 0 heterocycles. The van der Waals surface area contributed by atoms with Gasteiger partial charge in [0.25, 0.3) is 0 Å². The molecule has 2 N–H and O–H groups in total. The fourth-order valence-electron chi connectivity index (χ4n) is 2.97. The van der Waals surface area contributed by atoms with Gasteiger partial charge in [-0.05, 0) is 26.2 Å². The number of unbranched alkanes of at least 4 members (excludes halogenated alkanes) is 12. The summed E-state index contributed by atoms with van der Waals surface area (Å²) in [6.45, 7) is 5.46. The molecule has 0 rings (SSSR count). The molecule has 6 nitrogen and oxygen atoms in total. The maximum atomic E-state index is 11.0. The molecule has 0 aromatic carbocycles. The van der Waals surface area contributed by atoms with E-state index in [1.807, 2.05) is 6.92 Å². The van der Waals surface area contributed by atoms with Gasteiger partial charge in [0.15, 0.2) is 0 Å². The van der Waals surface area contributed by atoms with Gasteiger partial charge in [0, 0.05) is 6.08 Å². The third-order valence-corrected chi connectivity index (χ3v) is 5.02. The van der Waals surface area contributed by atoms with Crippen LogP contribution in [-0.2, 0) is 18.6 Å². The fourth-order valence-corrected chi connectivity index (χ4v) is 3.33. The normalized spacial score (nSPS) is 12.7. The summed E-state index contributed by atoms with van der Waals surface area (Å²) in [5.41, 5.74) is 0. The van der Waals surface area contributed by atoms with E-state index in [1.165, 1.54) is 63.9 Å². The monoisotopic (exact) mass is 406 g/mol. The Morgan fingerprint density at radius 1 is 0.889 bits per heavy atom. The van der Waals surface area contributed by atoms with Crippen molar-refractivity contribution >= 4 is 13.8 Å². The number of hydrogen-bond donors (Lipinski definition) is 2. The first-order valence-electron chi connectivity index (χ1n) is 10.4. The molecule has 0 spiro atoms. The van der Waals surface area contributed by atoms with Gasteiger partial charge in [-0.3, -0.25) is 4.52 Å². The maximum absolute atomic E-state index is 11.0. The van der Waals surface area contributed by atoms with Crippen molar-refractivity contribution in [2.45, 2.75) is 103 Å². The topological polar surface area (TPSA) is 93.1 Å². The molecule has 7 heteroatoms. The number of ether oxygens (including phenoxy) is 1. The number of esters is 1. The summed E-state index contributed by atoms with van der Waals surface area (Å²) in [7, 11) is -4.28. The number of phosphoric acid groups is 1. The van der Waals surface area contributed by atoms with Crippen LogP contribution in [-0.4, -0.2) is 28.5 Å². The number of phosphoric ester groups is 1. The van der Waals surface area contributed by atoms with Crippen LogP contribution in [0.15, 0.2) is 12.7 Å². The molecule has 1 atom stereocenters. The van der Waals surface area contributed by atoms with Crippen LogP contribution in [0.4, 0.5) is 0 Å². The minimum Gasteiger partial charge on any atom is -0.460 e. The average molecular weight is 407 g/mol. The van der Waals surface area contributed by atoms with Crippen molar-refractivity contribution in [2.75, 3.05) is 6.61 Å². The molecule has 0 aliphatic carbocycles. The predicted octanol–water partition coefficient (Wildman–Crippen LogP) is 5.67. The Balaban J connectivity index is 3.18. The second-order valence-electron chi connectivity index (χ2n) is 7.16. The van der Waals surface area contributed by atoms with E-state index in [0.717, 1.165) is 25.7 Å². The van der Waals surface area contributed by atoms with E-state index in [-0.39, 0.29) is 18.7 Å². The molecule has 0 bridgehead atoms. The Bertz CT molecular complexity index is 421. The predicted molar refractivity (Wildman–Crippen MR) is 108 cm³/mol. The minimum atomic E-state index is -4.28. The lowest BCUT2D eigenvalue weighted by molar-refractivity contribution is -0.142. The van der Waals surface area contributed by atoms with Crippen molar-refractivity contribution in [1.29, 1.82) is 0 Å². The number of carbonyl (C=O) groups is 1. The van der Waals surface area contributed by atoms with Crippen LogP contribution in [0.3, 0.4) is 0 Å². The van der Waals surface area contributed by atoms with Gasteiger partial charge in [-0.2, -0.15) is 0 Å². The molecule has 0 fully saturated rings. The lowest BCUT2D eigenvalue weighted by Gasteiger charge is -2.11. The second-order valence-corrected chi connectivity index (χ2v) is 8.40. The molecule has 0 aromatic heterocycles. The minimum absolute atomic E-state index is 0.0193. The van der Waals surface area contributed by atoms with E-state index < -0.39 is 7.82 Å². The smallest absolute Gasteiger partial charge is 0.460 e. The summed E-state index contributed by atoms with van der Waals surface area (Å²) >= 11 is 0. The van der Waals surface area contributed by atoms with Gasteiger partial charge in [0.1, 0.15) is 0 Å². The maximum Gasteiger partial charge on any atom is 0.469 e. The molecule has 0 aromatic rings. The summed E-state index contributed by atoms with van der Waals surface area (Å²) in [5.74, 6) is -0.337. The lowest BCUT2D eigenvalue weighted by Crippen LogP contribution is -2.12. The van der Waals surface area contributed by atoms with Gasteiger partial charge in [0.2, 0.25) is 0 Å². The van der Waals surface area contributed by atoms with E-state index in [4.69, 9.17) is 14.5 Å². The molecule has 0 aliphatic rings. The first-order chi connectivity index (χ1) is 12.8. The van der Waals surface area contributed by atoms with E-state index in [1.54, 1.807) is 0 Å². The van der Waals surface area contributed by atoms with Crippen LogP contribution in [0.25, 0.3) is 0 Å². The molecule has 160 valence electrons. The number of hydrogen-bond acceptors (Lipinski definition) is 4. The van der Waals surface area contributed by atoms with E-state index in [0.29, 0.717) is 6.42 Å². The molecule has 27 heavy (non-hydrogen) atoms. The molecule has 0 saturated heterocycles. The standard InChI is InChI=1S/C20H39O6P/c1-3-20(21)26-19(2)17-15-13-11-9-7-5-4-6-8-10-12-14-16-18-25-27(22,23)24/h3,19H,1,4-18H2,2H3,(H2,22,23,24). The van der Waals surface area contributed by atoms with Crippen LogP contribution >= 0.6 is 7.82 Å². The zero-order chi connectivity index (χ0) is 20.4. The highest BCUT2D eigenvalue weighted by Gasteiger charge is 2.12. The Hall–Kier alpha value is -0.680. The van der Waals surface area contributed by atoms with Crippen molar-refractivity contribution in [1.82, 2.24) is 0 Å². The molecular weight excluding hydrogens is 367 g/mol. The zero-order valence-electron chi connectivity index (χ0n) is 16.9. The quantitative estimate of drug-likeness (QED) is 0.124. The van der Waals surface area contributed by atoms with Gasteiger partial charge in [-0.25, -0.2) is 9.36 Å². The van der Waals surface area contributed by atoms with Crippen molar-refractivity contribution in [2.24, 2.45) is 0 Å². The third kappa shape index (κ3) is 21.5. The van der Waals surface area contributed by atoms with Crippen molar-refractivity contribution in [3.8, 4) is 0 Å². The van der Waals surface area contributed by atoms with Crippen LogP contribution in [0, 0.1) is 0 Å². The van der Waals surface area contributed by atoms with Gasteiger partial charge < -0.3 is 14.5 Å². The van der Waals surface area contributed by atoms with Crippen molar-refractivity contribution in [3.05, 3.63) is 12.7 Å². The Kier molecular flexibility index (Phi) is 17.0. The van der Waals surface area contributed by atoms with Gasteiger partial charge in [-0.1, -0.05) is 77.2 Å². The van der Waals surface area contributed by atoms with Crippen molar-refractivity contribution in [3.63, 3.8) is 0 Å². The summed E-state index contributed by atoms with van der Waals surface area (Å²) in [5, 5.41) is 0. The SMILES string of the molecule is C=CC(=O)OC(C)CCCCCCCCCCCCCCCOP(=O)(O)O. The molecule has 0 aliphatic heterocycles. The molecule has 0 amide bonds. The highest BCUT2D eigenvalue weighted by atomic mass is 31.2. The largest absolute Gasteiger partial charge is 0.469 e. The number of carbonyl (C=O) groups excluding carboxylic acids is 1. The van der Waals surface area contributed by atoms with E-state index >= 15 is 0 Å². The average Bonchev–Trinajstić information content (AvgIpc) is 2.60. The molecule has 0 radical (unpaired) electrons. The third-order valence-electron chi connectivity index (χ3n) is 4.50. The van der Waals surface area contributed by atoms with Crippen LogP contribution in [0.5, 0.6) is 0 Å². The summed E-state index contributed by atoms with van der Waals surface area (Å²) in [6, 6.07) is 0. The Morgan fingerprint density at radius 3 is 1.70 bits per heavy atom. The highest BCUT2D eigenvalue weighted by Crippen LogP contribution is 2.35.